The van der Waals surface area contributed by atoms with Crippen molar-refractivity contribution in [3.8, 4) is 11.5 Å². The molecule has 0 aliphatic carbocycles. The summed E-state index contributed by atoms with van der Waals surface area (Å²) in [5.41, 5.74) is 0.664. The maximum Gasteiger partial charge on any atom is 0.160 e. The standard InChI is InChI=1S/C19H33NO3/c1-14(8-7-11-19(3,4)21)20-15(2)12-16-9-10-17(22-5)18(13-16)23-6/h9-10,13-15,20-21H,7-8,11-12H2,1-6H3. The molecule has 0 aromatic heterocycles. The Bertz CT molecular complexity index is 468. The number of hydrogen-bond acceptors (Lipinski definition) is 4. The van der Waals surface area contributed by atoms with E-state index in [9.17, 15) is 5.11 Å². The second-order valence-electron chi connectivity index (χ2n) is 7.07. The molecule has 1 rings (SSSR count). The maximum absolute atomic E-state index is 9.76. The summed E-state index contributed by atoms with van der Waals surface area (Å²) >= 11 is 0. The van der Waals surface area contributed by atoms with E-state index in [1.807, 2.05) is 26.0 Å². The van der Waals surface area contributed by atoms with E-state index in [-0.39, 0.29) is 0 Å². The van der Waals surface area contributed by atoms with Crippen molar-refractivity contribution in [1.29, 1.82) is 0 Å². The van der Waals surface area contributed by atoms with E-state index in [0.29, 0.717) is 12.1 Å². The van der Waals surface area contributed by atoms with Crippen molar-refractivity contribution < 1.29 is 14.6 Å². The van der Waals surface area contributed by atoms with Gasteiger partial charge in [0.25, 0.3) is 0 Å². The molecule has 0 heterocycles. The first kappa shape index (κ1) is 19.8. The molecule has 0 spiro atoms. The molecule has 0 saturated heterocycles. The van der Waals surface area contributed by atoms with Crippen LogP contribution in [0.15, 0.2) is 18.2 Å². The van der Waals surface area contributed by atoms with Crippen molar-refractivity contribution in [3.05, 3.63) is 23.8 Å². The molecule has 0 saturated carbocycles. The zero-order valence-corrected chi connectivity index (χ0v) is 15.5. The van der Waals surface area contributed by atoms with Crippen LogP contribution in [0.5, 0.6) is 11.5 Å². The Morgan fingerprint density at radius 2 is 1.74 bits per heavy atom. The number of ether oxygens (including phenoxy) is 2. The molecule has 2 atom stereocenters. The SMILES string of the molecule is COc1ccc(CC(C)NC(C)CCCC(C)(C)O)cc1OC. The summed E-state index contributed by atoms with van der Waals surface area (Å²) in [5, 5.41) is 13.4. The first-order chi connectivity index (χ1) is 10.7. The van der Waals surface area contributed by atoms with Gasteiger partial charge in [0.1, 0.15) is 0 Å². The van der Waals surface area contributed by atoms with Gasteiger partial charge in [0.2, 0.25) is 0 Å². The van der Waals surface area contributed by atoms with Crippen LogP contribution in [0.25, 0.3) is 0 Å². The van der Waals surface area contributed by atoms with Gasteiger partial charge in [-0.25, -0.2) is 0 Å². The Labute approximate surface area is 141 Å². The van der Waals surface area contributed by atoms with Gasteiger partial charge in [0.15, 0.2) is 11.5 Å². The number of hydrogen-bond donors (Lipinski definition) is 2. The van der Waals surface area contributed by atoms with Crippen molar-refractivity contribution in [1.82, 2.24) is 5.32 Å². The summed E-state index contributed by atoms with van der Waals surface area (Å²) in [6.45, 7) is 8.13. The molecule has 2 N–H and O–H groups in total. The largest absolute Gasteiger partial charge is 0.493 e. The lowest BCUT2D eigenvalue weighted by Gasteiger charge is -2.22. The Morgan fingerprint density at radius 3 is 2.30 bits per heavy atom. The minimum absolute atomic E-state index is 0.380. The van der Waals surface area contributed by atoms with Crippen LogP contribution in [0.4, 0.5) is 0 Å². The molecule has 4 nitrogen and oxygen atoms in total. The quantitative estimate of drug-likeness (QED) is 0.691. The molecule has 1 aromatic rings. The fraction of sp³-hybridized carbons (Fsp3) is 0.684. The van der Waals surface area contributed by atoms with E-state index in [0.717, 1.165) is 37.2 Å². The molecule has 23 heavy (non-hydrogen) atoms. The summed E-state index contributed by atoms with van der Waals surface area (Å²) in [4.78, 5) is 0. The Kier molecular flexibility index (Phi) is 7.86. The van der Waals surface area contributed by atoms with E-state index in [1.54, 1.807) is 14.2 Å². The fourth-order valence-electron chi connectivity index (χ4n) is 2.83. The highest BCUT2D eigenvalue weighted by Gasteiger charge is 2.14. The maximum atomic E-state index is 9.76. The van der Waals surface area contributed by atoms with Crippen molar-refractivity contribution in [2.24, 2.45) is 0 Å². The number of aliphatic hydroxyl groups is 1. The number of nitrogens with one attached hydrogen (secondary N) is 1. The van der Waals surface area contributed by atoms with Gasteiger partial charge in [-0.1, -0.05) is 6.07 Å². The molecule has 0 aliphatic rings. The van der Waals surface area contributed by atoms with Crippen molar-refractivity contribution in [2.45, 2.75) is 71.1 Å². The average Bonchev–Trinajstić information content (AvgIpc) is 2.45. The zero-order chi connectivity index (χ0) is 17.5. The van der Waals surface area contributed by atoms with Gasteiger partial charge in [0.05, 0.1) is 19.8 Å². The van der Waals surface area contributed by atoms with Gasteiger partial charge in [0, 0.05) is 12.1 Å². The third kappa shape index (κ3) is 7.71. The Hall–Kier alpha value is -1.26. The van der Waals surface area contributed by atoms with Crippen LogP contribution < -0.4 is 14.8 Å². The fourth-order valence-corrected chi connectivity index (χ4v) is 2.83. The lowest BCUT2D eigenvalue weighted by molar-refractivity contribution is 0.0674. The third-order valence-electron chi connectivity index (χ3n) is 3.98. The van der Waals surface area contributed by atoms with Crippen LogP contribution in [0.3, 0.4) is 0 Å². The summed E-state index contributed by atoms with van der Waals surface area (Å²) in [5.74, 6) is 1.53. The van der Waals surface area contributed by atoms with Gasteiger partial charge in [-0.2, -0.15) is 0 Å². The van der Waals surface area contributed by atoms with Gasteiger partial charge in [-0.3, -0.25) is 0 Å². The van der Waals surface area contributed by atoms with Gasteiger partial charge in [-0.05, 0) is 71.1 Å². The zero-order valence-electron chi connectivity index (χ0n) is 15.5. The third-order valence-corrected chi connectivity index (χ3v) is 3.98. The molecular weight excluding hydrogens is 290 g/mol. The van der Waals surface area contributed by atoms with E-state index < -0.39 is 5.60 Å². The number of benzene rings is 1. The van der Waals surface area contributed by atoms with Gasteiger partial charge < -0.3 is 19.9 Å². The van der Waals surface area contributed by atoms with Gasteiger partial charge >= 0.3 is 0 Å². The molecule has 0 radical (unpaired) electrons. The van der Waals surface area contributed by atoms with Gasteiger partial charge in [-0.15, -0.1) is 0 Å². The van der Waals surface area contributed by atoms with E-state index in [4.69, 9.17) is 9.47 Å². The molecule has 0 fully saturated rings. The molecular formula is C19H33NO3. The van der Waals surface area contributed by atoms with E-state index in [2.05, 4.69) is 25.2 Å². The lowest BCUT2D eigenvalue weighted by Crippen LogP contribution is -2.36. The highest BCUT2D eigenvalue weighted by atomic mass is 16.5. The average molecular weight is 323 g/mol. The van der Waals surface area contributed by atoms with Crippen LogP contribution in [0.1, 0.15) is 52.5 Å². The summed E-state index contributed by atoms with van der Waals surface area (Å²) in [6.07, 6.45) is 3.88. The van der Waals surface area contributed by atoms with Crippen molar-refractivity contribution in [3.63, 3.8) is 0 Å². The van der Waals surface area contributed by atoms with Crippen LogP contribution >= 0.6 is 0 Å². The summed E-state index contributed by atoms with van der Waals surface area (Å²) in [7, 11) is 3.31. The summed E-state index contributed by atoms with van der Waals surface area (Å²) < 4.78 is 10.6. The second-order valence-corrected chi connectivity index (χ2v) is 7.07. The molecule has 0 amide bonds. The smallest absolute Gasteiger partial charge is 0.160 e. The minimum Gasteiger partial charge on any atom is -0.493 e. The molecule has 132 valence electrons. The van der Waals surface area contributed by atoms with Crippen LogP contribution in [0, 0.1) is 0 Å². The molecule has 1 aromatic carbocycles. The predicted octanol–water partition coefficient (Wildman–Crippen LogP) is 3.55. The summed E-state index contributed by atoms with van der Waals surface area (Å²) in [6, 6.07) is 6.89. The first-order valence-corrected chi connectivity index (χ1v) is 8.44. The Balaban J connectivity index is 2.45. The van der Waals surface area contributed by atoms with Crippen LogP contribution in [0.2, 0.25) is 0 Å². The lowest BCUT2D eigenvalue weighted by atomic mass is 9.99. The highest BCUT2D eigenvalue weighted by molar-refractivity contribution is 5.43. The monoisotopic (exact) mass is 323 g/mol. The second kappa shape index (κ2) is 9.14. The molecule has 0 bridgehead atoms. The normalized spacial score (nSPS) is 14.4. The van der Waals surface area contributed by atoms with E-state index in [1.165, 1.54) is 5.56 Å². The highest BCUT2D eigenvalue weighted by Crippen LogP contribution is 2.28. The molecule has 0 aliphatic heterocycles. The topological polar surface area (TPSA) is 50.7 Å². The van der Waals surface area contributed by atoms with Crippen LogP contribution in [-0.4, -0.2) is 37.0 Å². The predicted molar refractivity (Wildman–Crippen MR) is 95.5 cm³/mol. The Morgan fingerprint density at radius 1 is 1.09 bits per heavy atom. The van der Waals surface area contributed by atoms with Crippen molar-refractivity contribution in [2.75, 3.05) is 14.2 Å². The first-order valence-electron chi connectivity index (χ1n) is 8.44. The molecule has 4 heteroatoms. The minimum atomic E-state index is -0.564. The van der Waals surface area contributed by atoms with Crippen molar-refractivity contribution >= 4 is 0 Å². The van der Waals surface area contributed by atoms with Crippen LogP contribution in [-0.2, 0) is 6.42 Å². The van der Waals surface area contributed by atoms with E-state index >= 15 is 0 Å². The molecule has 2 unspecified atom stereocenters. The number of rotatable bonds is 10. The number of methoxy groups -OCH3 is 2.